The fourth-order valence-corrected chi connectivity index (χ4v) is 1.37. The molecule has 82 valence electrons. The van der Waals surface area contributed by atoms with E-state index in [1.165, 1.54) is 0 Å². The van der Waals surface area contributed by atoms with Crippen molar-refractivity contribution < 1.29 is 19.1 Å². The van der Waals surface area contributed by atoms with Crippen molar-refractivity contribution >= 4 is 27.9 Å². The Morgan fingerprint density at radius 1 is 1.14 bits per heavy atom. The molecule has 0 aromatic rings. The molecule has 5 heteroatoms. The molecule has 0 radical (unpaired) electrons. The molecule has 0 aliphatic carbocycles. The zero-order valence-electron chi connectivity index (χ0n) is 8.58. The number of halogens is 1. The first-order valence-corrected chi connectivity index (χ1v) is 5.43. The van der Waals surface area contributed by atoms with Crippen LogP contribution in [-0.2, 0) is 19.1 Å². The first-order valence-electron chi connectivity index (χ1n) is 4.51. The molecule has 0 saturated carbocycles. The maximum absolute atomic E-state index is 11.3. The van der Waals surface area contributed by atoms with Gasteiger partial charge in [-0.25, -0.2) is 0 Å². The highest BCUT2D eigenvalue weighted by Crippen LogP contribution is 2.16. The summed E-state index contributed by atoms with van der Waals surface area (Å²) in [6.07, 6.45) is 0. The highest BCUT2D eigenvalue weighted by molar-refractivity contribution is 9.09. The van der Waals surface area contributed by atoms with Crippen LogP contribution in [0.15, 0.2) is 0 Å². The lowest BCUT2D eigenvalue weighted by atomic mass is 10.1. The summed E-state index contributed by atoms with van der Waals surface area (Å²) >= 11 is 3.18. The Bertz CT molecular complexity index is 185. The summed E-state index contributed by atoms with van der Waals surface area (Å²) in [5, 5.41) is 0. The van der Waals surface area contributed by atoms with Crippen LogP contribution in [0.5, 0.6) is 0 Å². The average Bonchev–Trinajstić information content (AvgIpc) is 2.04. The van der Waals surface area contributed by atoms with E-state index in [0.29, 0.717) is 0 Å². The SMILES string of the molecule is CCOC(=O)C(C(=O)OCC)C(C)Br. The van der Waals surface area contributed by atoms with Gasteiger partial charge in [0.15, 0.2) is 5.92 Å². The van der Waals surface area contributed by atoms with Crippen LogP contribution in [0, 0.1) is 5.92 Å². The van der Waals surface area contributed by atoms with Crippen LogP contribution in [0.2, 0.25) is 0 Å². The molecule has 0 aromatic carbocycles. The molecule has 0 saturated heterocycles. The van der Waals surface area contributed by atoms with Crippen LogP contribution in [0.3, 0.4) is 0 Å². The van der Waals surface area contributed by atoms with Crippen LogP contribution in [0.4, 0.5) is 0 Å². The molecule has 1 atom stereocenters. The second kappa shape index (κ2) is 6.81. The Balaban J connectivity index is 4.42. The molecule has 0 rings (SSSR count). The Morgan fingerprint density at radius 2 is 1.50 bits per heavy atom. The first kappa shape index (κ1) is 13.4. The largest absolute Gasteiger partial charge is 0.465 e. The first-order chi connectivity index (χ1) is 6.54. The minimum Gasteiger partial charge on any atom is -0.465 e. The number of esters is 2. The maximum atomic E-state index is 11.3. The van der Waals surface area contributed by atoms with E-state index in [1.807, 2.05) is 0 Å². The third-order valence-corrected chi connectivity index (χ3v) is 2.07. The Morgan fingerprint density at radius 3 is 1.71 bits per heavy atom. The standard InChI is InChI=1S/C9H15BrO4/c1-4-13-8(11)7(6(3)10)9(12)14-5-2/h6-7H,4-5H2,1-3H3. The number of ether oxygens (including phenoxy) is 2. The van der Waals surface area contributed by atoms with Gasteiger partial charge in [0, 0.05) is 4.83 Å². The summed E-state index contributed by atoms with van der Waals surface area (Å²) in [6, 6.07) is 0. The summed E-state index contributed by atoms with van der Waals surface area (Å²) < 4.78 is 9.53. The van der Waals surface area contributed by atoms with Crippen molar-refractivity contribution in [1.82, 2.24) is 0 Å². The summed E-state index contributed by atoms with van der Waals surface area (Å²) in [5.74, 6) is -1.97. The van der Waals surface area contributed by atoms with Crippen LogP contribution in [0.25, 0.3) is 0 Å². The fourth-order valence-electron chi connectivity index (χ4n) is 0.935. The smallest absolute Gasteiger partial charge is 0.321 e. The highest BCUT2D eigenvalue weighted by atomic mass is 79.9. The van der Waals surface area contributed by atoms with Crippen LogP contribution in [-0.4, -0.2) is 30.0 Å². The predicted octanol–water partition coefficient (Wildman–Crippen LogP) is 1.51. The van der Waals surface area contributed by atoms with Crippen molar-refractivity contribution in [3.05, 3.63) is 0 Å². The van der Waals surface area contributed by atoms with E-state index in [-0.39, 0.29) is 18.0 Å². The molecule has 4 nitrogen and oxygen atoms in total. The lowest BCUT2D eigenvalue weighted by Gasteiger charge is -2.15. The maximum Gasteiger partial charge on any atom is 0.321 e. The van der Waals surface area contributed by atoms with Crippen molar-refractivity contribution in [3.63, 3.8) is 0 Å². The molecule has 14 heavy (non-hydrogen) atoms. The van der Waals surface area contributed by atoms with Gasteiger partial charge in [0.2, 0.25) is 0 Å². The Hall–Kier alpha value is -0.580. The number of carbonyl (C=O) groups is 2. The molecule has 0 fully saturated rings. The van der Waals surface area contributed by atoms with Gasteiger partial charge in [0.05, 0.1) is 13.2 Å². The summed E-state index contributed by atoms with van der Waals surface area (Å²) in [7, 11) is 0. The van der Waals surface area contributed by atoms with Gasteiger partial charge in [-0.3, -0.25) is 9.59 Å². The monoisotopic (exact) mass is 266 g/mol. The molecule has 0 heterocycles. The third kappa shape index (κ3) is 4.09. The van der Waals surface area contributed by atoms with Gasteiger partial charge < -0.3 is 9.47 Å². The Kier molecular flexibility index (Phi) is 6.53. The van der Waals surface area contributed by atoms with Crippen LogP contribution >= 0.6 is 15.9 Å². The summed E-state index contributed by atoms with van der Waals surface area (Å²) in [4.78, 5) is 22.4. The molecule has 0 aromatic heterocycles. The number of rotatable bonds is 5. The molecular weight excluding hydrogens is 252 g/mol. The second-order valence-electron chi connectivity index (χ2n) is 2.66. The molecule has 0 bridgehead atoms. The van der Waals surface area contributed by atoms with E-state index in [0.717, 1.165) is 0 Å². The number of hydrogen-bond acceptors (Lipinski definition) is 4. The van der Waals surface area contributed by atoms with Crippen molar-refractivity contribution in [2.24, 2.45) is 5.92 Å². The van der Waals surface area contributed by atoms with Crippen LogP contribution < -0.4 is 0 Å². The minimum atomic E-state index is -0.880. The van der Waals surface area contributed by atoms with Crippen molar-refractivity contribution in [1.29, 1.82) is 0 Å². The zero-order chi connectivity index (χ0) is 11.1. The van der Waals surface area contributed by atoms with E-state index >= 15 is 0 Å². The molecule has 0 aliphatic heterocycles. The molecule has 0 aliphatic rings. The van der Waals surface area contributed by atoms with E-state index in [9.17, 15) is 9.59 Å². The van der Waals surface area contributed by atoms with Crippen molar-refractivity contribution in [3.8, 4) is 0 Å². The number of hydrogen-bond donors (Lipinski definition) is 0. The van der Waals surface area contributed by atoms with Gasteiger partial charge in [-0.2, -0.15) is 0 Å². The average molecular weight is 267 g/mol. The van der Waals surface area contributed by atoms with E-state index in [1.54, 1.807) is 20.8 Å². The second-order valence-corrected chi connectivity index (χ2v) is 4.10. The molecular formula is C9H15BrO4. The van der Waals surface area contributed by atoms with Gasteiger partial charge in [0.1, 0.15) is 0 Å². The normalized spacial score (nSPS) is 12.4. The van der Waals surface area contributed by atoms with E-state index in [2.05, 4.69) is 15.9 Å². The van der Waals surface area contributed by atoms with Gasteiger partial charge in [-0.05, 0) is 13.8 Å². The topological polar surface area (TPSA) is 52.6 Å². The third-order valence-electron chi connectivity index (χ3n) is 1.54. The molecule has 0 amide bonds. The quantitative estimate of drug-likeness (QED) is 0.430. The summed E-state index contributed by atoms with van der Waals surface area (Å²) in [5.41, 5.74) is 0. The van der Waals surface area contributed by atoms with Crippen molar-refractivity contribution in [2.75, 3.05) is 13.2 Å². The molecule has 1 unspecified atom stereocenters. The minimum absolute atomic E-state index is 0.258. The fraction of sp³-hybridized carbons (Fsp3) is 0.778. The molecule has 0 spiro atoms. The van der Waals surface area contributed by atoms with Crippen LogP contribution in [0.1, 0.15) is 20.8 Å². The number of alkyl halides is 1. The molecule has 0 N–H and O–H groups in total. The van der Waals surface area contributed by atoms with Gasteiger partial charge in [-0.15, -0.1) is 0 Å². The van der Waals surface area contributed by atoms with Gasteiger partial charge >= 0.3 is 11.9 Å². The Labute approximate surface area is 92.1 Å². The number of carbonyl (C=O) groups excluding carboxylic acids is 2. The lowest BCUT2D eigenvalue weighted by molar-refractivity contribution is -0.161. The highest BCUT2D eigenvalue weighted by Gasteiger charge is 2.33. The van der Waals surface area contributed by atoms with Gasteiger partial charge in [-0.1, -0.05) is 22.9 Å². The van der Waals surface area contributed by atoms with Gasteiger partial charge in [0.25, 0.3) is 0 Å². The predicted molar refractivity (Wildman–Crippen MR) is 55.1 cm³/mol. The summed E-state index contributed by atoms with van der Waals surface area (Å²) in [6.45, 7) is 5.61. The zero-order valence-corrected chi connectivity index (χ0v) is 10.2. The van der Waals surface area contributed by atoms with Crippen molar-refractivity contribution in [2.45, 2.75) is 25.6 Å². The van der Waals surface area contributed by atoms with E-state index in [4.69, 9.17) is 9.47 Å². The van der Waals surface area contributed by atoms with E-state index < -0.39 is 17.9 Å². The lowest BCUT2D eigenvalue weighted by Crippen LogP contribution is -2.33.